The first-order valence-electron chi connectivity index (χ1n) is 5.78. The van der Waals surface area contributed by atoms with Gasteiger partial charge in [-0.1, -0.05) is 12.2 Å². The van der Waals surface area contributed by atoms with Gasteiger partial charge in [0.1, 0.15) is 0 Å². The van der Waals surface area contributed by atoms with Crippen LogP contribution in [0.4, 0.5) is 4.79 Å². The average Bonchev–Trinajstić information content (AvgIpc) is 2.22. The maximum atomic E-state index is 11.8. The summed E-state index contributed by atoms with van der Waals surface area (Å²) in [5.74, 6) is -0.847. The van der Waals surface area contributed by atoms with Crippen LogP contribution in [-0.4, -0.2) is 41.1 Å². The van der Waals surface area contributed by atoms with Crippen LogP contribution in [0, 0.1) is 0 Å². The highest BCUT2D eigenvalue weighted by atomic mass is 16.4. The molecule has 0 saturated heterocycles. The molecule has 0 heterocycles. The fraction of sp³-hybridized carbons (Fsp3) is 0.667. The number of carbonyl (C=O) groups is 2. The first kappa shape index (κ1) is 15.5. The molecule has 0 fully saturated rings. The number of nitrogens with zero attached hydrogens (tertiary/aromatic N) is 1. The molecule has 0 aromatic rings. The Morgan fingerprint density at radius 2 is 2.06 bits per heavy atom. The van der Waals surface area contributed by atoms with Gasteiger partial charge in [-0.3, -0.25) is 4.79 Å². The predicted molar refractivity (Wildman–Crippen MR) is 66.9 cm³/mol. The van der Waals surface area contributed by atoms with Crippen LogP contribution < -0.4 is 5.32 Å². The Labute approximate surface area is 102 Å². The molecule has 98 valence electrons. The first-order chi connectivity index (χ1) is 7.86. The van der Waals surface area contributed by atoms with E-state index in [0.717, 1.165) is 5.57 Å². The lowest BCUT2D eigenvalue weighted by molar-refractivity contribution is -0.137. The Bertz CT molecular complexity index is 289. The van der Waals surface area contributed by atoms with Gasteiger partial charge >= 0.3 is 12.0 Å². The van der Waals surface area contributed by atoms with Gasteiger partial charge in [-0.25, -0.2) is 4.79 Å². The van der Waals surface area contributed by atoms with Gasteiger partial charge < -0.3 is 15.3 Å². The fourth-order valence-electron chi connectivity index (χ4n) is 1.37. The van der Waals surface area contributed by atoms with Crippen LogP contribution in [0.3, 0.4) is 0 Å². The topological polar surface area (TPSA) is 69.6 Å². The van der Waals surface area contributed by atoms with E-state index >= 15 is 0 Å². The lowest BCUT2D eigenvalue weighted by Crippen LogP contribution is -2.44. The smallest absolute Gasteiger partial charge is 0.317 e. The molecule has 0 spiro atoms. The van der Waals surface area contributed by atoms with Crippen LogP contribution in [0.2, 0.25) is 0 Å². The van der Waals surface area contributed by atoms with Crippen LogP contribution >= 0.6 is 0 Å². The van der Waals surface area contributed by atoms with E-state index in [1.165, 1.54) is 0 Å². The fourth-order valence-corrected chi connectivity index (χ4v) is 1.37. The Kier molecular flexibility index (Phi) is 7.02. The zero-order valence-electron chi connectivity index (χ0n) is 10.8. The van der Waals surface area contributed by atoms with Gasteiger partial charge in [0.05, 0.1) is 0 Å². The maximum absolute atomic E-state index is 11.8. The largest absolute Gasteiger partial charge is 0.481 e. The summed E-state index contributed by atoms with van der Waals surface area (Å²) in [6.45, 7) is 10.4. The van der Waals surface area contributed by atoms with Gasteiger partial charge in [0.15, 0.2) is 0 Å². The molecule has 0 rings (SSSR count). The van der Waals surface area contributed by atoms with E-state index in [2.05, 4.69) is 11.9 Å². The number of carbonyl (C=O) groups excluding carboxylic acids is 1. The Morgan fingerprint density at radius 3 is 2.47 bits per heavy atom. The molecule has 0 aliphatic heterocycles. The van der Waals surface area contributed by atoms with Gasteiger partial charge in [0, 0.05) is 25.6 Å². The lowest BCUT2D eigenvalue weighted by Gasteiger charge is -2.23. The molecule has 1 unspecified atom stereocenters. The summed E-state index contributed by atoms with van der Waals surface area (Å²) in [7, 11) is 0. The molecule has 5 heteroatoms. The van der Waals surface area contributed by atoms with E-state index in [1.807, 2.05) is 13.8 Å². The highest BCUT2D eigenvalue weighted by Gasteiger charge is 2.14. The number of aliphatic carboxylic acids is 1. The molecule has 0 aromatic heterocycles. The number of amides is 2. The first-order valence-corrected chi connectivity index (χ1v) is 5.78. The van der Waals surface area contributed by atoms with Crippen molar-refractivity contribution in [3.05, 3.63) is 12.2 Å². The van der Waals surface area contributed by atoms with E-state index in [4.69, 9.17) is 5.11 Å². The van der Waals surface area contributed by atoms with E-state index in [9.17, 15) is 9.59 Å². The van der Waals surface area contributed by atoms with Gasteiger partial charge in [-0.2, -0.15) is 0 Å². The van der Waals surface area contributed by atoms with Crippen LogP contribution in [0.15, 0.2) is 12.2 Å². The summed E-state index contributed by atoms with van der Waals surface area (Å²) in [6, 6.07) is -0.314. The number of likely N-dealkylation sites (N-methyl/N-ethyl adjacent to an activating group) is 1. The molecule has 1 atom stereocenters. The van der Waals surface area contributed by atoms with Crippen LogP contribution in [0.5, 0.6) is 0 Å². The van der Waals surface area contributed by atoms with Crippen molar-refractivity contribution in [2.45, 2.75) is 39.7 Å². The number of urea groups is 1. The number of nitrogens with one attached hydrogen (secondary N) is 1. The van der Waals surface area contributed by atoms with Gasteiger partial charge in [0.2, 0.25) is 0 Å². The van der Waals surface area contributed by atoms with Gasteiger partial charge in [-0.15, -0.1) is 0 Å². The summed E-state index contributed by atoms with van der Waals surface area (Å²) in [5.41, 5.74) is 0.917. The van der Waals surface area contributed by atoms with Crippen molar-refractivity contribution in [2.24, 2.45) is 0 Å². The number of carboxylic acids is 1. The number of hydrogen-bond acceptors (Lipinski definition) is 2. The average molecular weight is 242 g/mol. The third kappa shape index (κ3) is 7.38. The summed E-state index contributed by atoms with van der Waals surface area (Å²) in [4.78, 5) is 23.8. The number of carboxylic acid groups (broad SMARTS) is 1. The van der Waals surface area contributed by atoms with E-state index in [0.29, 0.717) is 19.5 Å². The highest BCUT2D eigenvalue weighted by Crippen LogP contribution is 2.00. The molecule has 2 amide bonds. The predicted octanol–water partition coefficient (Wildman–Crippen LogP) is 1.85. The minimum absolute atomic E-state index is 0.0635. The monoisotopic (exact) mass is 242 g/mol. The third-order valence-corrected chi connectivity index (χ3v) is 2.29. The van der Waals surface area contributed by atoms with Crippen LogP contribution in [0.25, 0.3) is 0 Å². The zero-order valence-corrected chi connectivity index (χ0v) is 10.8. The summed E-state index contributed by atoms with van der Waals surface area (Å²) < 4.78 is 0. The second kappa shape index (κ2) is 7.70. The zero-order chi connectivity index (χ0) is 13.4. The van der Waals surface area contributed by atoms with Crippen molar-refractivity contribution in [1.29, 1.82) is 0 Å². The molecule has 0 radical (unpaired) electrons. The molecule has 0 aliphatic carbocycles. The lowest BCUT2D eigenvalue weighted by atomic mass is 10.2. The molecule has 0 aliphatic rings. The summed E-state index contributed by atoms with van der Waals surface area (Å²) >= 11 is 0. The second-order valence-corrected chi connectivity index (χ2v) is 4.25. The minimum atomic E-state index is -0.847. The quantitative estimate of drug-likeness (QED) is 0.669. The SMILES string of the molecule is C=C(C)CN(CC)C(=O)NC(C)CCC(=O)O. The minimum Gasteiger partial charge on any atom is -0.481 e. The maximum Gasteiger partial charge on any atom is 0.317 e. The number of rotatable bonds is 7. The number of hydrogen-bond donors (Lipinski definition) is 2. The standard InChI is InChI=1S/C12H22N2O3/c1-5-14(8-9(2)3)12(17)13-10(4)6-7-11(15)16/h10H,2,5-8H2,1,3-4H3,(H,13,17)(H,15,16). The van der Waals surface area contributed by atoms with Crippen LogP contribution in [0.1, 0.15) is 33.6 Å². The Morgan fingerprint density at radius 1 is 1.47 bits per heavy atom. The van der Waals surface area contributed by atoms with Crippen molar-refractivity contribution in [3.63, 3.8) is 0 Å². The van der Waals surface area contributed by atoms with Crippen LogP contribution in [-0.2, 0) is 4.79 Å². The van der Waals surface area contributed by atoms with Gasteiger partial charge in [0.25, 0.3) is 0 Å². The third-order valence-electron chi connectivity index (χ3n) is 2.29. The Hall–Kier alpha value is -1.52. The summed E-state index contributed by atoms with van der Waals surface area (Å²) in [6.07, 6.45) is 0.500. The highest BCUT2D eigenvalue weighted by molar-refractivity contribution is 5.74. The molecule has 5 nitrogen and oxygen atoms in total. The van der Waals surface area contributed by atoms with Crippen molar-refractivity contribution < 1.29 is 14.7 Å². The normalized spacial score (nSPS) is 11.7. The molecular weight excluding hydrogens is 220 g/mol. The van der Waals surface area contributed by atoms with Crippen molar-refractivity contribution in [1.82, 2.24) is 10.2 Å². The molecule has 0 saturated carbocycles. The van der Waals surface area contributed by atoms with E-state index < -0.39 is 5.97 Å². The molecule has 2 N–H and O–H groups in total. The second-order valence-electron chi connectivity index (χ2n) is 4.25. The summed E-state index contributed by atoms with van der Waals surface area (Å²) in [5, 5.41) is 11.3. The van der Waals surface area contributed by atoms with Crippen molar-refractivity contribution in [3.8, 4) is 0 Å². The Balaban J connectivity index is 4.11. The van der Waals surface area contributed by atoms with E-state index in [-0.39, 0.29) is 18.5 Å². The van der Waals surface area contributed by atoms with E-state index in [1.54, 1.807) is 11.8 Å². The molecule has 0 aromatic carbocycles. The molecule has 17 heavy (non-hydrogen) atoms. The molecular formula is C12H22N2O3. The molecule has 0 bridgehead atoms. The van der Waals surface area contributed by atoms with Gasteiger partial charge in [-0.05, 0) is 27.2 Å². The van der Waals surface area contributed by atoms with Crippen molar-refractivity contribution in [2.75, 3.05) is 13.1 Å². The van der Waals surface area contributed by atoms with Crippen molar-refractivity contribution >= 4 is 12.0 Å².